The van der Waals surface area contributed by atoms with Crippen LogP contribution in [0, 0.1) is 0 Å². The maximum atomic E-state index is 5.28. The maximum absolute atomic E-state index is 5.28. The molecule has 2 heterocycles. The normalized spacial score (nSPS) is 10.2. The first-order valence-electron chi connectivity index (χ1n) is 4.08. The van der Waals surface area contributed by atoms with Crippen molar-refractivity contribution in [3.8, 4) is 5.88 Å². The van der Waals surface area contributed by atoms with Gasteiger partial charge in [-0.25, -0.2) is 0 Å². The van der Waals surface area contributed by atoms with Gasteiger partial charge in [0.15, 0.2) is 0 Å². The molecule has 0 aliphatic rings. The van der Waals surface area contributed by atoms with E-state index in [0.29, 0.717) is 12.5 Å². The van der Waals surface area contributed by atoms with Gasteiger partial charge in [-0.2, -0.15) is 4.98 Å². The largest absolute Gasteiger partial charge is 0.473 e. The van der Waals surface area contributed by atoms with Gasteiger partial charge in [-0.05, 0) is 12.1 Å². The highest BCUT2D eigenvalue weighted by Crippen LogP contribution is 2.14. The molecule has 0 saturated carbocycles. The summed E-state index contributed by atoms with van der Waals surface area (Å²) < 4.78 is 5.28. The third-order valence-electron chi connectivity index (χ3n) is 1.73. The van der Waals surface area contributed by atoms with Crippen LogP contribution >= 0.6 is 0 Å². The fourth-order valence-electron chi connectivity index (χ4n) is 1.14. The van der Waals surface area contributed by atoms with Crippen molar-refractivity contribution < 1.29 is 4.74 Å². The third-order valence-corrected chi connectivity index (χ3v) is 1.73. The number of hydrogen-bond acceptors (Lipinski definition) is 2. The average Bonchev–Trinajstić information content (AvgIpc) is 2.61. The van der Waals surface area contributed by atoms with Crippen LogP contribution in [-0.2, 0) is 0 Å². The number of hydrogen-bond donors (Lipinski definition) is 1. The van der Waals surface area contributed by atoms with Crippen molar-refractivity contribution >= 4 is 11.0 Å². The zero-order valence-electron chi connectivity index (χ0n) is 7.16. The first-order valence-corrected chi connectivity index (χ1v) is 4.08. The second kappa shape index (κ2) is 3.31. The zero-order chi connectivity index (χ0) is 9.10. The van der Waals surface area contributed by atoms with E-state index in [1.54, 1.807) is 6.08 Å². The molecule has 0 saturated heterocycles. The van der Waals surface area contributed by atoms with Gasteiger partial charge in [0.2, 0.25) is 5.88 Å². The summed E-state index contributed by atoms with van der Waals surface area (Å²) in [6.45, 7) is 4.05. The predicted molar refractivity (Wildman–Crippen MR) is 51.8 cm³/mol. The lowest BCUT2D eigenvalue weighted by Crippen LogP contribution is -1.94. The fourth-order valence-corrected chi connectivity index (χ4v) is 1.14. The molecule has 0 radical (unpaired) electrons. The topological polar surface area (TPSA) is 37.9 Å². The van der Waals surface area contributed by atoms with Gasteiger partial charge in [-0.1, -0.05) is 12.7 Å². The number of pyridine rings is 1. The SMILES string of the molecule is C=CCOc1ccc2cc[nH]c2n1. The molecule has 0 bridgehead atoms. The molecule has 2 aromatic rings. The Labute approximate surface area is 76.1 Å². The number of nitrogens with zero attached hydrogens (tertiary/aromatic N) is 1. The average molecular weight is 174 g/mol. The van der Waals surface area contributed by atoms with Crippen molar-refractivity contribution in [1.82, 2.24) is 9.97 Å². The number of nitrogens with one attached hydrogen (secondary N) is 1. The van der Waals surface area contributed by atoms with E-state index in [4.69, 9.17) is 4.74 Å². The van der Waals surface area contributed by atoms with E-state index < -0.39 is 0 Å². The van der Waals surface area contributed by atoms with Gasteiger partial charge >= 0.3 is 0 Å². The van der Waals surface area contributed by atoms with E-state index in [1.807, 2.05) is 24.4 Å². The van der Waals surface area contributed by atoms with E-state index >= 15 is 0 Å². The summed E-state index contributed by atoms with van der Waals surface area (Å²) in [6.07, 6.45) is 3.55. The van der Waals surface area contributed by atoms with Crippen LogP contribution in [0.15, 0.2) is 37.1 Å². The molecule has 66 valence electrons. The number of rotatable bonds is 3. The third kappa shape index (κ3) is 1.54. The van der Waals surface area contributed by atoms with Crippen LogP contribution in [0.5, 0.6) is 5.88 Å². The van der Waals surface area contributed by atoms with Crippen LogP contribution in [0.25, 0.3) is 11.0 Å². The molecular weight excluding hydrogens is 164 g/mol. The summed E-state index contributed by atoms with van der Waals surface area (Å²) in [5.74, 6) is 0.620. The van der Waals surface area contributed by atoms with Crippen molar-refractivity contribution in [1.29, 1.82) is 0 Å². The smallest absolute Gasteiger partial charge is 0.215 e. The lowest BCUT2D eigenvalue weighted by Gasteiger charge is -2.00. The van der Waals surface area contributed by atoms with E-state index in [0.717, 1.165) is 11.0 Å². The van der Waals surface area contributed by atoms with Gasteiger partial charge in [-0.15, -0.1) is 0 Å². The number of fused-ring (bicyclic) bond motifs is 1. The summed E-state index contributed by atoms with van der Waals surface area (Å²) in [7, 11) is 0. The van der Waals surface area contributed by atoms with Crippen LogP contribution < -0.4 is 4.74 Å². The Kier molecular flexibility index (Phi) is 2.00. The first kappa shape index (κ1) is 7.86. The first-order chi connectivity index (χ1) is 6.40. The summed E-state index contributed by atoms with van der Waals surface area (Å²) in [4.78, 5) is 7.27. The molecule has 1 N–H and O–H groups in total. The Bertz CT molecular complexity index is 420. The lowest BCUT2D eigenvalue weighted by atomic mass is 10.3. The van der Waals surface area contributed by atoms with Crippen molar-refractivity contribution in [2.75, 3.05) is 6.61 Å². The summed E-state index contributed by atoms with van der Waals surface area (Å²) in [6, 6.07) is 5.79. The maximum Gasteiger partial charge on any atom is 0.215 e. The molecule has 3 heteroatoms. The van der Waals surface area contributed by atoms with Gasteiger partial charge in [-0.3, -0.25) is 0 Å². The molecule has 0 aliphatic heterocycles. The molecule has 0 spiro atoms. The van der Waals surface area contributed by atoms with Gasteiger partial charge < -0.3 is 9.72 Å². The van der Waals surface area contributed by atoms with E-state index in [1.165, 1.54) is 0 Å². The quantitative estimate of drug-likeness (QED) is 0.724. The van der Waals surface area contributed by atoms with Crippen molar-refractivity contribution in [3.05, 3.63) is 37.1 Å². The number of aromatic nitrogens is 2. The van der Waals surface area contributed by atoms with Crippen LogP contribution in [0.3, 0.4) is 0 Å². The Morgan fingerprint density at radius 3 is 3.23 bits per heavy atom. The molecule has 0 aromatic carbocycles. The molecule has 0 fully saturated rings. The summed E-state index contributed by atoms with van der Waals surface area (Å²) in [5, 5.41) is 1.09. The predicted octanol–water partition coefficient (Wildman–Crippen LogP) is 2.13. The highest BCUT2D eigenvalue weighted by Gasteiger charge is 1.97. The molecular formula is C10H10N2O. The van der Waals surface area contributed by atoms with Gasteiger partial charge in [0.1, 0.15) is 12.3 Å². The van der Waals surface area contributed by atoms with Crippen LogP contribution in [-0.4, -0.2) is 16.6 Å². The molecule has 2 aromatic heterocycles. The molecule has 0 aliphatic carbocycles. The standard InChI is InChI=1S/C10H10N2O/c1-2-7-13-9-4-3-8-5-6-11-10(8)12-9/h2-6H,1,7H2,(H,11,12). The van der Waals surface area contributed by atoms with Gasteiger partial charge in [0.25, 0.3) is 0 Å². The highest BCUT2D eigenvalue weighted by molar-refractivity contribution is 5.75. The fraction of sp³-hybridized carbons (Fsp3) is 0.100. The second-order valence-corrected chi connectivity index (χ2v) is 2.66. The van der Waals surface area contributed by atoms with Gasteiger partial charge in [0, 0.05) is 17.6 Å². The van der Waals surface area contributed by atoms with Crippen molar-refractivity contribution in [3.63, 3.8) is 0 Å². The Morgan fingerprint density at radius 2 is 2.38 bits per heavy atom. The van der Waals surface area contributed by atoms with E-state index in [9.17, 15) is 0 Å². The Morgan fingerprint density at radius 1 is 1.46 bits per heavy atom. The minimum Gasteiger partial charge on any atom is -0.473 e. The Hall–Kier alpha value is -1.77. The monoisotopic (exact) mass is 174 g/mol. The van der Waals surface area contributed by atoms with Crippen molar-refractivity contribution in [2.45, 2.75) is 0 Å². The van der Waals surface area contributed by atoms with E-state index in [-0.39, 0.29) is 0 Å². The Balaban J connectivity index is 2.31. The number of H-pyrrole nitrogens is 1. The summed E-state index contributed by atoms with van der Waals surface area (Å²) in [5.41, 5.74) is 0.849. The summed E-state index contributed by atoms with van der Waals surface area (Å²) >= 11 is 0. The molecule has 0 unspecified atom stereocenters. The molecule has 2 rings (SSSR count). The van der Waals surface area contributed by atoms with Crippen molar-refractivity contribution in [2.24, 2.45) is 0 Å². The molecule has 13 heavy (non-hydrogen) atoms. The molecule has 0 amide bonds. The minimum atomic E-state index is 0.485. The molecule has 0 atom stereocenters. The number of ether oxygens (including phenoxy) is 1. The second-order valence-electron chi connectivity index (χ2n) is 2.66. The van der Waals surface area contributed by atoms with Gasteiger partial charge in [0.05, 0.1) is 0 Å². The zero-order valence-corrected chi connectivity index (χ0v) is 7.16. The van der Waals surface area contributed by atoms with Crippen LogP contribution in [0.4, 0.5) is 0 Å². The molecule has 3 nitrogen and oxygen atoms in total. The van der Waals surface area contributed by atoms with Crippen LogP contribution in [0.1, 0.15) is 0 Å². The number of aromatic amines is 1. The lowest BCUT2D eigenvalue weighted by molar-refractivity contribution is 0.350. The minimum absolute atomic E-state index is 0.485. The highest BCUT2D eigenvalue weighted by atomic mass is 16.5. The van der Waals surface area contributed by atoms with E-state index in [2.05, 4.69) is 16.5 Å². The van der Waals surface area contributed by atoms with Crippen LogP contribution in [0.2, 0.25) is 0 Å².